The van der Waals surface area contributed by atoms with Gasteiger partial charge in [-0.2, -0.15) is 0 Å². The van der Waals surface area contributed by atoms with Crippen LogP contribution in [0.25, 0.3) is 0 Å². The molecule has 1 saturated heterocycles. The predicted octanol–water partition coefficient (Wildman–Crippen LogP) is 0.876. The van der Waals surface area contributed by atoms with E-state index in [1.54, 1.807) is 12.1 Å². The van der Waals surface area contributed by atoms with Gasteiger partial charge >= 0.3 is 5.97 Å². The van der Waals surface area contributed by atoms with Crippen molar-refractivity contribution in [2.75, 3.05) is 13.7 Å². The SMILES string of the molecule is CO[C@H]1[C@@H](O)[C@@H](CO)O[C@@H](O)[C@@H]1OC(=O)c1ccc(OCc2ccccc2)cc1. The molecule has 2 aromatic rings. The standard InChI is InChI=1S/C21H24O8/c1-26-18-17(23)16(11-22)28-21(25)19(18)29-20(24)14-7-9-15(10-8-14)27-12-13-5-3-2-4-6-13/h2-10,16-19,21-23,25H,11-12H2,1H3/t16-,17+,18+,19-,21-/m1/s1. The van der Waals surface area contributed by atoms with Gasteiger partial charge < -0.3 is 34.3 Å². The molecule has 3 N–H and O–H groups in total. The molecular weight excluding hydrogens is 380 g/mol. The fourth-order valence-corrected chi connectivity index (χ4v) is 3.07. The molecule has 3 rings (SSSR count). The summed E-state index contributed by atoms with van der Waals surface area (Å²) in [7, 11) is 1.31. The minimum absolute atomic E-state index is 0.234. The van der Waals surface area contributed by atoms with Gasteiger partial charge in [-0.05, 0) is 29.8 Å². The number of aliphatic hydroxyl groups excluding tert-OH is 3. The molecule has 1 fully saturated rings. The van der Waals surface area contributed by atoms with Crippen LogP contribution in [0.5, 0.6) is 5.75 Å². The van der Waals surface area contributed by atoms with Gasteiger partial charge in [0.1, 0.15) is 30.7 Å². The summed E-state index contributed by atoms with van der Waals surface area (Å²) >= 11 is 0. The number of carbonyl (C=O) groups is 1. The van der Waals surface area contributed by atoms with Crippen LogP contribution in [0.2, 0.25) is 0 Å². The number of aliphatic hydroxyl groups is 3. The van der Waals surface area contributed by atoms with Crippen molar-refractivity contribution < 1.29 is 39.1 Å². The zero-order valence-electron chi connectivity index (χ0n) is 15.9. The van der Waals surface area contributed by atoms with E-state index in [2.05, 4.69) is 0 Å². The highest BCUT2D eigenvalue weighted by atomic mass is 16.7. The van der Waals surface area contributed by atoms with Crippen LogP contribution in [0, 0.1) is 0 Å². The molecule has 8 nitrogen and oxygen atoms in total. The number of hydrogen-bond acceptors (Lipinski definition) is 8. The molecule has 5 atom stereocenters. The molecule has 0 radical (unpaired) electrons. The second-order valence-electron chi connectivity index (χ2n) is 6.61. The van der Waals surface area contributed by atoms with Crippen LogP contribution in [0.3, 0.4) is 0 Å². The van der Waals surface area contributed by atoms with Crippen LogP contribution in [-0.2, 0) is 20.8 Å². The van der Waals surface area contributed by atoms with E-state index in [-0.39, 0.29) is 5.56 Å². The van der Waals surface area contributed by atoms with Gasteiger partial charge in [0.2, 0.25) is 0 Å². The quantitative estimate of drug-likeness (QED) is 0.583. The summed E-state index contributed by atoms with van der Waals surface area (Å²) in [6.45, 7) is -0.112. The second kappa shape index (κ2) is 9.82. The highest BCUT2D eigenvalue weighted by Gasteiger charge is 2.47. The summed E-state index contributed by atoms with van der Waals surface area (Å²) in [6.07, 6.45) is -6.14. The number of methoxy groups -OCH3 is 1. The van der Waals surface area contributed by atoms with Gasteiger partial charge in [0.15, 0.2) is 12.4 Å². The van der Waals surface area contributed by atoms with Crippen LogP contribution < -0.4 is 4.74 Å². The van der Waals surface area contributed by atoms with E-state index in [4.69, 9.17) is 18.9 Å². The van der Waals surface area contributed by atoms with Crippen molar-refractivity contribution in [3.8, 4) is 5.75 Å². The summed E-state index contributed by atoms with van der Waals surface area (Å²) < 4.78 is 21.2. The van der Waals surface area contributed by atoms with Gasteiger partial charge in [-0.1, -0.05) is 30.3 Å². The van der Waals surface area contributed by atoms with E-state index in [1.165, 1.54) is 19.2 Å². The fraction of sp³-hybridized carbons (Fsp3) is 0.381. The first kappa shape index (κ1) is 21.2. The minimum atomic E-state index is -1.54. The zero-order valence-corrected chi connectivity index (χ0v) is 15.9. The van der Waals surface area contributed by atoms with Crippen molar-refractivity contribution in [1.29, 1.82) is 0 Å². The molecule has 1 heterocycles. The number of carbonyl (C=O) groups excluding carboxylic acids is 1. The topological polar surface area (TPSA) is 115 Å². The Kier molecular flexibility index (Phi) is 7.18. The molecule has 29 heavy (non-hydrogen) atoms. The first-order valence-electron chi connectivity index (χ1n) is 9.16. The van der Waals surface area contributed by atoms with Gasteiger partial charge in [0.05, 0.1) is 12.2 Å². The summed E-state index contributed by atoms with van der Waals surface area (Å²) in [5.74, 6) is -0.133. The molecule has 1 aliphatic rings. The first-order chi connectivity index (χ1) is 14.0. The largest absolute Gasteiger partial charge is 0.489 e. The minimum Gasteiger partial charge on any atom is -0.489 e. The van der Waals surface area contributed by atoms with Crippen molar-refractivity contribution in [2.45, 2.75) is 37.3 Å². The average molecular weight is 404 g/mol. The molecule has 0 spiro atoms. The van der Waals surface area contributed by atoms with E-state index in [0.29, 0.717) is 12.4 Å². The van der Waals surface area contributed by atoms with Gasteiger partial charge in [-0.25, -0.2) is 4.79 Å². The molecule has 2 aromatic carbocycles. The summed E-state index contributed by atoms with van der Waals surface area (Å²) in [5.41, 5.74) is 1.26. The lowest BCUT2D eigenvalue weighted by atomic mass is 9.99. The lowest BCUT2D eigenvalue weighted by molar-refractivity contribution is -0.289. The maximum absolute atomic E-state index is 12.5. The van der Waals surface area contributed by atoms with Gasteiger partial charge in [0, 0.05) is 7.11 Å². The fourth-order valence-electron chi connectivity index (χ4n) is 3.07. The lowest BCUT2D eigenvalue weighted by Gasteiger charge is -2.40. The molecule has 156 valence electrons. The average Bonchev–Trinajstić information content (AvgIpc) is 2.75. The number of ether oxygens (including phenoxy) is 4. The molecule has 0 unspecified atom stereocenters. The summed E-state index contributed by atoms with van der Waals surface area (Å²) in [5, 5.41) is 29.5. The Labute approximate surface area is 168 Å². The Balaban J connectivity index is 1.61. The third-order valence-electron chi connectivity index (χ3n) is 4.67. The maximum Gasteiger partial charge on any atom is 0.338 e. The van der Waals surface area contributed by atoms with Crippen LogP contribution >= 0.6 is 0 Å². The van der Waals surface area contributed by atoms with Crippen LogP contribution in [0.4, 0.5) is 0 Å². The van der Waals surface area contributed by atoms with E-state index in [1.807, 2.05) is 30.3 Å². The van der Waals surface area contributed by atoms with Crippen LogP contribution in [0.15, 0.2) is 54.6 Å². The smallest absolute Gasteiger partial charge is 0.338 e. The highest BCUT2D eigenvalue weighted by Crippen LogP contribution is 2.25. The zero-order chi connectivity index (χ0) is 20.8. The van der Waals surface area contributed by atoms with Gasteiger partial charge in [-0.3, -0.25) is 0 Å². The number of rotatable bonds is 7. The Morgan fingerprint density at radius 1 is 1.03 bits per heavy atom. The number of hydrogen-bond donors (Lipinski definition) is 3. The maximum atomic E-state index is 12.5. The Morgan fingerprint density at radius 2 is 1.72 bits per heavy atom. The molecule has 0 saturated carbocycles. The van der Waals surface area contributed by atoms with Crippen LogP contribution in [-0.4, -0.2) is 65.7 Å². The first-order valence-corrected chi connectivity index (χ1v) is 9.16. The van der Waals surface area contributed by atoms with E-state index in [9.17, 15) is 20.1 Å². The van der Waals surface area contributed by atoms with E-state index in [0.717, 1.165) is 5.56 Å². The normalized spacial score (nSPS) is 26.7. The summed E-state index contributed by atoms with van der Waals surface area (Å²) in [4.78, 5) is 12.5. The van der Waals surface area contributed by atoms with Crippen LogP contribution in [0.1, 0.15) is 15.9 Å². The molecular formula is C21H24O8. The Hall–Kier alpha value is -2.49. The third kappa shape index (κ3) is 5.11. The highest BCUT2D eigenvalue weighted by molar-refractivity contribution is 5.89. The van der Waals surface area contributed by atoms with Gasteiger partial charge in [-0.15, -0.1) is 0 Å². The van der Waals surface area contributed by atoms with Crippen molar-refractivity contribution in [3.63, 3.8) is 0 Å². The van der Waals surface area contributed by atoms with E-state index < -0.39 is 43.3 Å². The molecule has 0 amide bonds. The second-order valence-corrected chi connectivity index (χ2v) is 6.61. The molecule has 8 heteroatoms. The molecule has 0 bridgehead atoms. The van der Waals surface area contributed by atoms with Crippen molar-refractivity contribution in [1.82, 2.24) is 0 Å². The number of benzene rings is 2. The molecule has 1 aliphatic heterocycles. The molecule has 0 aromatic heterocycles. The van der Waals surface area contributed by atoms with Crippen molar-refractivity contribution >= 4 is 5.97 Å². The Morgan fingerprint density at radius 3 is 2.34 bits per heavy atom. The summed E-state index contributed by atoms with van der Waals surface area (Å²) in [6, 6.07) is 16.0. The van der Waals surface area contributed by atoms with E-state index >= 15 is 0 Å². The van der Waals surface area contributed by atoms with Crippen molar-refractivity contribution in [3.05, 3.63) is 65.7 Å². The third-order valence-corrected chi connectivity index (χ3v) is 4.67. The van der Waals surface area contributed by atoms with Gasteiger partial charge in [0.25, 0.3) is 0 Å². The molecule has 0 aliphatic carbocycles. The Bertz CT molecular complexity index is 779. The van der Waals surface area contributed by atoms with Crippen molar-refractivity contribution in [2.24, 2.45) is 0 Å². The number of esters is 1. The monoisotopic (exact) mass is 404 g/mol. The predicted molar refractivity (Wildman–Crippen MR) is 101 cm³/mol. The lowest BCUT2D eigenvalue weighted by Crippen LogP contribution is -2.60.